The molecule has 2 rings (SSSR count). The number of methoxy groups -OCH3 is 1. The summed E-state index contributed by atoms with van der Waals surface area (Å²) in [5.41, 5.74) is 1.28. The van der Waals surface area contributed by atoms with Crippen molar-refractivity contribution in [3.05, 3.63) is 55.1 Å². The molecule has 0 saturated carbocycles. The van der Waals surface area contributed by atoms with Crippen LogP contribution in [0.1, 0.15) is 22.8 Å². The van der Waals surface area contributed by atoms with Crippen molar-refractivity contribution in [2.75, 3.05) is 13.7 Å². The molecular weight excluding hydrogens is 466 g/mol. The van der Waals surface area contributed by atoms with Crippen molar-refractivity contribution < 1.29 is 19.0 Å². The molecule has 7 heteroatoms. The predicted octanol–water partition coefficient (Wildman–Crippen LogP) is 5.36. The maximum atomic E-state index is 11.7. The molecule has 24 heavy (non-hydrogen) atoms. The summed E-state index contributed by atoms with van der Waals surface area (Å²) in [6, 6.07) is 8.61. The molecule has 2 aromatic rings. The summed E-state index contributed by atoms with van der Waals surface area (Å²) < 4.78 is 17.0. The average molecular weight is 481 g/mol. The summed E-state index contributed by atoms with van der Waals surface area (Å²) in [5, 5.41) is 0.964. The third-order valence-electron chi connectivity index (χ3n) is 3.10. The second-order valence-electron chi connectivity index (χ2n) is 4.75. The number of esters is 1. The normalized spacial score (nSPS) is 10.4. The molecule has 0 aliphatic heterocycles. The Bertz CT molecular complexity index is 750. The summed E-state index contributed by atoms with van der Waals surface area (Å²) >= 11 is 14.0. The molecular formula is C17H15Cl2IO4. The summed E-state index contributed by atoms with van der Waals surface area (Å²) in [5.74, 6) is 0.630. The molecule has 2 aromatic carbocycles. The van der Waals surface area contributed by atoms with E-state index in [1.54, 1.807) is 24.3 Å². The van der Waals surface area contributed by atoms with E-state index in [1.807, 2.05) is 13.0 Å². The summed E-state index contributed by atoms with van der Waals surface area (Å²) in [6.45, 7) is 2.61. The lowest BCUT2D eigenvalue weighted by molar-refractivity contribution is 0.0600. The number of benzene rings is 2. The van der Waals surface area contributed by atoms with Crippen LogP contribution < -0.4 is 9.47 Å². The van der Waals surface area contributed by atoms with Gasteiger partial charge in [0.2, 0.25) is 0 Å². The van der Waals surface area contributed by atoms with Gasteiger partial charge in [0.1, 0.15) is 6.61 Å². The van der Waals surface area contributed by atoms with Crippen molar-refractivity contribution in [2.24, 2.45) is 0 Å². The van der Waals surface area contributed by atoms with Crippen molar-refractivity contribution in [3.63, 3.8) is 0 Å². The first-order chi connectivity index (χ1) is 11.5. The van der Waals surface area contributed by atoms with Gasteiger partial charge in [-0.15, -0.1) is 0 Å². The van der Waals surface area contributed by atoms with Crippen molar-refractivity contribution in [3.8, 4) is 11.5 Å². The SMILES string of the molecule is CCOc1cc(C(=O)OC)cc(I)c1OCc1ccc(Cl)c(Cl)c1. The Kier molecular flexibility index (Phi) is 7.01. The Hall–Kier alpha value is -1.18. The molecule has 0 spiro atoms. The van der Waals surface area contributed by atoms with Gasteiger partial charge in [0.05, 0.1) is 32.9 Å². The zero-order valence-electron chi connectivity index (χ0n) is 13.1. The number of carbonyl (C=O) groups is 1. The first-order valence-electron chi connectivity index (χ1n) is 7.07. The molecule has 0 aromatic heterocycles. The van der Waals surface area contributed by atoms with E-state index in [1.165, 1.54) is 7.11 Å². The topological polar surface area (TPSA) is 44.8 Å². The smallest absolute Gasteiger partial charge is 0.338 e. The molecule has 0 amide bonds. The molecule has 0 saturated heterocycles. The van der Waals surface area contributed by atoms with Gasteiger partial charge in [0.15, 0.2) is 11.5 Å². The Labute approximate surface area is 164 Å². The average Bonchev–Trinajstić information content (AvgIpc) is 2.56. The summed E-state index contributed by atoms with van der Waals surface area (Å²) in [4.78, 5) is 11.7. The molecule has 0 fully saturated rings. The number of hydrogen-bond donors (Lipinski definition) is 0. The lowest BCUT2D eigenvalue weighted by Crippen LogP contribution is -2.06. The van der Waals surface area contributed by atoms with E-state index in [4.69, 9.17) is 37.4 Å². The highest BCUT2D eigenvalue weighted by molar-refractivity contribution is 14.1. The summed E-state index contributed by atoms with van der Waals surface area (Å²) in [6.07, 6.45) is 0. The monoisotopic (exact) mass is 480 g/mol. The van der Waals surface area contributed by atoms with E-state index >= 15 is 0 Å². The Morgan fingerprint density at radius 1 is 1.12 bits per heavy atom. The standard InChI is InChI=1S/C17H15Cl2IO4/c1-3-23-15-8-11(17(21)22-2)7-14(20)16(15)24-9-10-4-5-12(18)13(19)6-10/h4-8H,3,9H2,1-2H3. The van der Waals surface area contributed by atoms with Crippen LogP contribution >= 0.6 is 45.8 Å². The van der Waals surface area contributed by atoms with E-state index < -0.39 is 5.97 Å². The molecule has 0 aliphatic carbocycles. The number of rotatable bonds is 6. The lowest BCUT2D eigenvalue weighted by atomic mass is 10.2. The van der Waals surface area contributed by atoms with Crippen LogP contribution in [0.4, 0.5) is 0 Å². The number of carbonyl (C=O) groups excluding carboxylic acids is 1. The van der Waals surface area contributed by atoms with E-state index in [-0.39, 0.29) is 0 Å². The van der Waals surface area contributed by atoms with Crippen LogP contribution in [0.2, 0.25) is 10.0 Å². The van der Waals surface area contributed by atoms with Crippen molar-refractivity contribution in [1.82, 2.24) is 0 Å². The lowest BCUT2D eigenvalue weighted by Gasteiger charge is -2.15. The van der Waals surface area contributed by atoms with Gasteiger partial charge in [-0.3, -0.25) is 0 Å². The van der Waals surface area contributed by atoms with Gasteiger partial charge < -0.3 is 14.2 Å². The molecule has 0 unspecified atom stereocenters. The highest BCUT2D eigenvalue weighted by Gasteiger charge is 2.16. The molecule has 0 radical (unpaired) electrons. The van der Waals surface area contributed by atoms with E-state index in [0.717, 1.165) is 9.13 Å². The quantitative estimate of drug-likeness (QED) is 0.412. The van der Waals surface area contributed by atoms with Gasteiger partial charge in [-0.1, -0.05) is 29.3 Å². The van der Waals surface area contributed by atoms with Gasteiger partial charge in [0.25, 0.3) is 0 Å². The maximum Gasteiger partial charge on any atom is 0.338 e. The predicted molar refractivity (Wildman–Crippen MR) is 102 cm³/mol. The first-order valence-corrected chi connectivity index (χ1v) is 8.91. The highest BCUT2D eigenvalue weighted by Crippen LogP contribution is 2.35. The molecule has 0 N–H and O–H groups in total. The van der Waals surface area contributed by atoms with Crippen molar-refractivity contribution in [1.29, 1.82) is 0 Å². The summed E-state index contributed by atoms with van der Waals surface area (Å²) in [7, 11) is 1.34. The van der Waals surface area contributed by atoms with Crippen LogP contribution in [0, 0.1) is 3.57 Å². The molecule has 0 atom stereocenters. The molecule has 0 heterocycles. The molecule has 128 valence electrons. The third kappa shape index (κ3) is 4.68. The van der Waals surface area contributed by atoms with E-state index in [0.29, 0.717) is 40.3 Å². The molecule has 0 bridgehead atoms. The van der Waals surface area contributed by atoms with Gasteiger partial charge in [-0.2, -0.15) is 0 Å². The minimum absolute atomic E-state index is 0.296. The van der Waals surface area contributed by atoms with Gasteiger partial charge in [-0.05, 0) is 59.3 Å². The largest absolute Gasteiger partial charge is 0.490 e. The minimum Gasteiger partial charge on any atom is -0.490 e. The number of halogens is 3. The minimum atomic E-state index is -0.426. The van der Waals surface area contributed by atoms with Crippen molar-refractivity contribution in [2.45, 2.75) is 13.5 Å². The highest BCUT2D eigenvalue weighted by atomic mass is 127. The van der Waals surface area contributed by atoms with E-state index in [9.17, 15) is 4.79 Å². The van der Waals surface area contributed by atoms with Crippen LogP contribution in [0.3, 0.4) is 0 Å². The Morgan fingerprint density at radius 3 is 2.50 bits per heavy atom. The van der Waals surface area contributed by atoms with Crippen LogP contribution in [-0.2, 0) is 11.3 Å². The van der Waals surface area contributed by atoms with Gasteiger partial charge in [-0.25, -0.2) is 4.79 Å². The first kappa shape index (κ1) is 19.1. The molecule has 0 aliphatic rings. The van der Waals surface area contributed by atoms with Gasteiger partial charge in [0, 0.05) is 0 Å². The molecule has 4 nitrogen and oxygen atoms in total. The van der Waals surface area contributed by atoms with Crippen molar-refractivity contribution >= 4 is 51.8 Å². The van der Waals surface area contributed by atoms with Crippen LogP contribution in [0.25, 0.3) is 0 Å². The second-order valence-corrected chi connectivity index (χ2v) is 6.72. The fourth-order valence-electron chi connectivity index (χ4n) is 1.99. The number of hydrogen-bond acceptors (Lipinski definition) is 4. The van der Waals surface area contributed by atoms with Crippen LogP contribution in [0.5, 0.6) is 11.5 Å². The number of ether oxygens (including phenoxy) is 3. The Balaban J connectivity index is 2.27. The fourth-order valence-corrected chi connectivity index (χ4v) is 3.07. The van der Waals surface area contributed by atoms with Crippen LogP contribution in [-0.4, -0.2) is 19.7 Å². The fraction of sp³-hybridized carbons (Fsp3) is 0.235. The van der Waals surface area contributed by atoms with E-state index in [2.05, 4.69) is 22.6 Å². The zero-order chi connectivity index (χ0) is 17.7. The van der Waals surface area contributed by atoms with Gasteiger partial charge >= 0.3 is 5.97 Å². The van der Waals surface area contributed by atoms with Crippen LogP contribution in [0.15, 0.2) is 30.3 Å². The second kappa shape index (κ2) is 8.78. The zero-order valence-corrected chi connectivity index (χ0v) is 16.7. The Morgan fingerprint density at radius 2 is 1.88 bits per heavy atom. The third-order valence-corrected chi connectivity index (χ3v) is 4.64. The maximum absolute atomic E-state index is 11.7.